The second kappa shape index (κ2) is 13.0. The zero-order valence-electron chi connectivity index (χ0n) is 25.6. The Morgan fingerprint density at radius 1 is 1.07 bits per heavy atom. The van der Waals surface area contributed by atoms with Crippen LogP contribution in [-0.2, 0) is 11.3 Å². The molecule has 45 heavy (non-hydrogen) atoms. The van der Waals surface area contributed by atoms with Crippen LogP contribution in [0.25, 0.3) is 11.1 Å². The van der Waals surface area contributed by atoms with Crippen LogP contribution in [0.2, 0.25) is 0 Å². The molecule has 0 bridgehead atoms. The van der Waals surface area contributed by atoms with Crippen LogP contribution in [0.15, 0.2) is 47.4 Å². The molecule has 240 valence electrons. The minimum atomic E-state index is -2.99. The van der Waals surface area contributed by atoms with Gasteiger partial charge in [0.15, 0.2) is 0 Å². The minimum Gasteiger partial charge on any atom is -0.380 e. The molecule has 1 aliphatic carbocycles. The number of anilines is 2. The Balaban J connectivity index is 1.48. The first-order valence-electron chi connectivity index (χ1n) is 14.9. The highest BCUT2D eigenvalue weighted by Crippen LogP contribution is 2.35. The van der Waals surface area contributed by atoms with Crippen molar-refractivity contribution in [3.63, 3.8) is 0 Å². The van der Waals surface area contributed by atoms with Crippen molar-refractivity contribution in [3.05, 3.63) is 75.5 Å². The summed E-state index contributed by atoms with van der Waals surface area (Å²) in [7, 11) is 1.62. The Bertz CT molecular complexity index is 1650. The van der Waals surface area contributed by atoms with Crippen LogP contribution < -0.4 is 21.5 Å². The van der Waals surface area contributed by atoms with Gasteiger partial charge in [-0.15, -0.1) is 0 Å². The summed E-state index contributed by atoms with van der Waals surface area (Å²) in [5.41, 5.74) is 0.849. The van der Waals surface area contributed by atoms with Crippen molar-refractivity contribution in [2.45, 2.75) is 64.3 Å². The zero-order valence-corrected chi connectivity index (χ0v) is 25.6. The Labute approximate surface area is 259 Å². The lowest BCUT2D eigenvalue weighted by Gasteiger charge is -2.39. The van der Waals surface area contributed by atoms with E-state index in [1.807, 2.05) is 20.8 Å². The van der Waals surface area contributed by atoms with Gasteiger partial charge in [0, 0.05) is 38.5 Å². The monoisotopic (exact) mass is 626 g/mol. The topological polar surface area (TPSA) is 118 Å². The molecule has 2 amide bonds. The summed E-state index contributed by atoms with van der Waals surface area (Å²) in [5.74, 6) is -4.66. The van der Waals surface area contributed by atoms with Crippen LogP contribution in [-0.4, -0.2) is 71.1 Å². The molecule has 3 heterocycles. The highest BCUT2D eigenvalue weighted by molar-refractivity contribution is 6.05. The van der Waals surface area contributed by atoms with E-state index >= 15 is 0 Å². The minimum absolute atomic E-state index is 0.0159. The number of pyridine rings is 2. The van der Waals surface area contributed by atoms with Crippen molar-refractivity contribution < 1.29 is 27.5 Å². The number of halogens is 3. The lowest BCUT2D eigenvalue weighted by molar-refractivity contribution is -0.113. The Morgan fingerprint density at radius 3 is 2.42 bits per heavy atom. The normalized spacial score (nSPS) is 16.3. The van der Waals surface area contributed by atoms with Gasteiger partial charge in [0.1, 0.15) is 23.0 Å². The maximum absolute atomic E-state index is 14.3. The maximum atomic E-state index is 14.3. The number of nitrogens with one attached hydrogen (secondary N) is 3. The summed E-state index contributed by atoms with van der Waals surface area (Å²) < 4.78 is 48.2. The summed E-state index contributed by atoms with van der Waals surface area (Å²) in [5, 5.41) is 9.15. The SMILES string of the molecule is CO[C@@H](C)CNCc1cc(C(=O)Nc2cc(-c3ccc(F)cc3C(=O)N3CC(F)(F)C3)cc(NC(C)C)n2)c(=O)n(C2CC2)c1. The predicted molar refractivity (Wildman–Crippen MR) is 164 cm³/mol. The molecule has 0 radical (unpaired) electrons. The number of amides is 2. The molecule has 2 aliphatic rings. The van der Waals surface area contributed by atoms with Gasteiger partial charge in [-0.1, -0.05) is 6.07 Å². The summed E-state index contributed by atoms with van der Waals surface area (Å²) in [4.78, 5) is 45.5. The number of likely N-dealkylation sites (tertiary alicyclic amines) is 1. The Kier molecular flexibility index (Phi) is 9.31. The Morgan fingerprint density at radius 2 is 1.78 bits per heavy atom. The molecular weight excluding hydrogens is 589 g/mol. The molecular formula is C32H37F3N6O4. The van der Waals surface area contributed by atoms with E-state index in [-0.39, 0.29) is 40.7 Å². The molecule has 1 aliphatic heterocycles. The molecule has 5 rings (SSSR count). The molecule has 2 fully saturated rings. The molecule has 3 aromatic rings. The van der Waals surface area contributed by atoms with E-state index in [0.29, 0.717) is 24.5 Å². The molecule has 1 saturated heterocycles. The van der Waals surface area contributed by atoms with Crippen LogP contribution in [0, 0.1) is 5.82 Å². The van der Waals surface area contributed by atoms with Crippen LogP contribution >= 0.6 is 0 Å². The van der Waals surface area contributed by atoms with Crippen molar-refractivity contribution in [2.24, 2.45) is 0 Å². The number of ether oxygens (including phenoxy) is 1. The highest BCUT2D eigenvalue weighted by Gasteiger charge is 2.46. The van der Waals surface area contributed by atoms with Gasteiger partial charge < -0.3 is 30.2 Å². The molecule has 3 N–H and O–H groups in total. The van der Waals surface area contributed by atoms with Crippen molar-refractivity contribution in [1.29, 1.82) is 0 Å². The average Bonchev–Trinajstić information content (AvgIpc) is 3.81. The second-order valence-electron chi connectivity index (χ2n) is 12.0. The third-order valence-corrected chi connectivity index (χ3v) is 7.61. The number of aromatic nitrogens is 2. The van der Waals surface area contributed by atoms with Crippen LogP contribution in [0.1, 0.15) is 65.9 Å². The largest absolute Gasteiger partial charge is 0.380 e. The molecule has 1 atom stereocenters. The van der Waals surface area contributed by atoms with Crippen molar-refractivity contribution >= 4 is 23.5 Å². The average molecular weight is 627 g/mol. The smallest absolute Gasteiger partial charge is 0.282 e. The molecule has 1 aromatic carbocycles. The van der Waals surface area contributed by atoms with E-state index < -0.39 is 42.2 Å². The van der Waals surface area contributed by atoms with Crippen LogP contribution in [0.3, 0.4) is 0 Å². The molecule has 2 aromatic heterocycles. The van der Waals surface area contributed by atoms with Gasteiger partial charge in [-0.25, -0.2) is 18.2 Å². The molecule has 0 spiro atoms. The molecule has 10 nitrogen and oxygen atoms in total. The third kappa shape index (κ3) is 7.71. The van der Waals surface area contributed by atoms with Crippen molar-refractivity contribution in [1.82, 2.24) is 19.8 Å². The fraction of sp³-hybridized carbons (Fsp3) is 0.438. The van der Waals surface area contributed by atoms with E-state index in [1.165, 1.54) is 12.1 Å². The molecule has 0 unspecified atom stereocenters. The number of rotatable bonds is 12. The summed E-state index contributed by atoms with van der Waals surface area (Å²) in [6.45, 7) is 5.19. The van der Waals surface area contributed by atoms with Gasteiger partial charge in [-0.3, -0.25) is 14.4 Å². The van der Waals surface area contributed by atoms with E-state index in [2.05, 4.69) is 20.9 Å². The molecule has 1 saturated carbocycles. The standard InChI is InChI=1S/C32H37F3N6O4/c1-18(2)37-27-10-21(24-8-5-22(33)12-25(24)30(43)40-16-32(34,35)17-40)11-28(38-27)39-29(42)26-9-20(14-36-13-19(3)45-4)15-41(31(26)44)23-6-7-23/h5,8-12,15,18-19,23,36H,6-7,13-14,16-17H2,1-4H3,(H2,37,38,39,42)/t19-/m0/s1. The quantitative estimate of drug-likeness (QED) is 0.268. The lowest BCUT2D eigenvalue weighted by atomic mass is 9.97. The first-order valence-corrected chi connectivity index (χ1v) is 14.9. The number of hydrogen-bond donors (Lipinski definition) is 3. The fourth-order valence-electron chi connectivity index (χ4n) is 5.12. The number of carbonyl (C=O) groups is 2. The number of nitrogens with zero attached hydrogens (tertiary/aromatic N) is 3. The lowest BCUT2D eigenvalue weighted by Crippen LogP contribution is -2.58. The second-order valence-corrected chi connectivity index (χ2v) is 12.0. The fourth-order valence-corrected chi connectivity index (χ4v) is 5.12. The van der Waals surface area contributed by atoms with Gasteiger partial charge in [0.2, 0.25) is 0 Å². The van der Waals surface area contributed by atoms with Gasteiger partial charge in [0.25, 0.3) is 23.3 Å². The van der Waals surface area contributed by atoms with Crippen molar-refractivity contribution in [3.8, 4) is 11.1 Å². The van der Waals surface area contributed by atoms with Gasteiger partial charge in [-0.2, -0.15) is 0 Å². The summed E-state index contributed by atoms with van der Waals surface area (Å²) >= 11 is 0. The zero-order chi connectivity index (χ0) is 32.5. The van der Waals surface area contributed by atoms with Gasteiger partial charge >= 0.3 is 0 Å². The number of benzene rings is 1. The van der Waals surface area contributed by atoms with Gasteiger partial charge in [0.05, 0.1) is 24.8 Å². The molecule has 13 heteroatoms. The first-order chi connectivity index (χ1) is 21.3. The van der Waals surface area contributed by atoms with Crippen LogP contribution in [0.5, 0.6) is 0 Å². The number of hydrogen-bond acceptors (Lipinski definition) is 7. The predicted octanol–water partition coefficient (Wildman–Crippen LogP) is 4.67. The number of methoxy groups -OCH3 is 1. The summed E-state index contributed by atoms with van der Waals surface area (Å²) in [6, 6.07) is 8.20. The van der Waals surface area contributed by atoms with Crippen LogP contribution in [0.4, 0.5) is 24.8 Å². The van der Waals surface area contributed by atoms with Crippen molar-refractivity contribution in [2.75, 3.05) is 37.4 Å². The third-order valence-electron chi connectivity index (χ3n) is 7.61. The van der Waals surface area contributed by atoms with E-state index in [1.54, 1.807) is 30.0 Å². The Hall–Kier alpha value is -4.23. The summed E-state index contributed by atoms with van der Waals surface area (Å²) in [6.07, 6.45) is 3.45. The number of carbonyl (C=O) groups excluding carboxylic acids is 2. The first kappa shape index (κ1) is 32.2. The maximum Gasteiger partial charge on any atom is 0.282 e. The van der Waals surface area contributed by atoms with E-state index in [9.17, 15) is 27.6 Å². The highest BCUT2D eigenvalue weighted by atomic mass is 19.3. The van der Waals surface area contributed by atoms with Gasteiger partial charge in [-0.05, 0) is 80.6 Å². The van der Waals surface area contributed by atoms with E-state index in [0.717, 1.165) is 35.4 Å². The number of alkyl halides is 2. The van der Waals surface area contributed by atoms with E-state index in [4.69, 9.17) is 4.74 Å².